The number of methoxy groups -OCH3 is 1. The van der Waals surface area contributed by atoms with Gasteiger partial charge in [-0.3, -0.25) is 9.59 Å². The van der Waals surface area contributed by atoms with Gasteiger partial charge in [-0.25, -0.2) is 0 Å². The molecule has 8 atom stereocenters. The molecule has 0 bridgehead atoms. The molecule has 0 aromatic carbocycles. The standard InChI is InChI=1S/C22H35NO3/c1-13(24)23-18-12-22(3)14(11-19(18)25)5-6-15-16-7-8-20(26-4)21(16,2)10-9-17(15)22/h14-18,20H,5-12H2,1-4H3,(H,23,24)/t14-,15-,16-,17-,18+,20-,21-,22-/m0/s1. The molecule has 146 valence electrons. The zero-order chi connectivity index (χ0) is 18.7. The van der Waals surface area contributed by atoms with Crippen LogP contribution in [0.3, 0.4) is 0 Å². The average Bonchev–Trinajstić information content (AvgIpc) is 2.92. The summed E-state index contributed by atoms with van der Waals surface area (Å²) >= 11 is 0. The van der Waals surface area contributed by atoms with E-state index >= 15 is 0 Å². The minimum atomic E-state index is -0.267. The van der Waals surface area contributed by atoms with Crippen LogP contribution in [0, 0.1) is 34.5 Å². The van der Waals surface area contributed by atoms with Gasteiger partial charge in [0.1, 0.15) is 0 Å². The Labute approximate surface area is 157 Å². The van der Waals surface area contributed by atoms with Gasteiger partial charge in [-0.15, -0.1) is 0 Å². The molecule has 4 nitrogen and oxygen atoms in total. The number of fused-ring (bicyclic) bond motifs is 5. The van der Waals surface area contributed by atoms with Gasteiger partial charge in [0.15, 0.2) is 5.78 Å². The van der Waals surface area contributed by atoms with E-state index in [9.17, 15) is 9.59 Å². The zero-order valence-electron chi connectivity index (χ0n) is 16.8. The molecule has 26 heavy (non-hydrogen) atoms. The van der Waals surface area contributed by atoms with Gasteiger partial charge in [-0.1, -0.05) is 13.8 Å². The van der Waals surface area contributed by atoms with E-state index in [1.54, 1.807) is 0 Å². The molecule has 4 saturated carbocycles. The molecule has 0 aromatic heterocycles. The molecule has 0 spiro atoms. The van der Waals surface area contributed by atoms with Crippen molar-refractivity contribution < 1.29 is 14.3 Å². The number of Topliss-reactive ketones (excluding diaryl/α,β-unsaturated/α-hetero) is 1. The highest BCUT2D eigenvalue weighted by atomic mass is 16.5. The van der Waals surface area contributed by atoms with Crippen molar-refractivity contribution in [1.82, 2.24) is 5.32 Å². The fraction of sp³-hybridized carbons (Fsp3) is 0.909. The number of amides is 1. The maximum atomic E-state index is 12.6. The first-order valence-corrected chi connectivity index (χ1v) is 10.6. The lowest BCUT2D eigenvalue weighted by Crippen LogP contribution is -2.58. The van der Waals surface area contributed by atoms with Gasteiger partial charge < -0.3 is 10.1 Å². The van der Waals surface area contributed by atoms with Crippen LogP contribution in [0.15, 0.2) is 0 Å². The first-order valence-electron chi connectivity index (χ1n) is 10.6. The predicted octanol–water partition coefficient (Wildman–Crippen LogP) is 3.73. The maximum Gasteiger partial charge on any atom is 0.217 e. The Bertz CT molecular complexity index is 604. The lowest BCUT2D eigenvalue weighted by molar-refractivity contribution is -0.149. The molecule has 0 saturated heterocycles. The molecule has 4 aliphatic carbocycles. The maximum absolute atomic E-state index is 12.6. The second-order valence-corrected chi connectivity index (χ2v) is 10.1. The number of ketones is 1. The highest BCUT2D eigenvalue weighted by molar-refractivity contribution is 5.89. The summed E-state index contributed by atoms with van der Waals surface area (Å²) in [6.45, 7) is 6.43. The van der Waals surface area contributed by atoms with Crippen LogP contribution in [0.2, 0.25) is 0 Å². The van der Waals surface area contributed by atoms with Crippen LogP contribution in [0.1, 0.15) is 72.1 Å². The Morgan fingerprint density at radius 1 is 1.08 bits per heavy atom. The third kappa shape index (κ3) is 2.58. The fourth-order valence-electron chi connectivity index (χ4n) is 7.84. The third-order valence-corrected chi connectivity index (χ3v) is 9.12. The van der Waals surface area contributed by atoms with Gasteiger partial charge in [0.2, 0.25) is 5.91 Å². The van der Waals surface area contributed by atoms with Crippen molar-refractivity contribution in [3.05, 3.63) is 0 Å². The van der Waals surface area contributed by atoms with Gasteiger partial charge in [0.05, 0.1) is 12.1 Å². The minimum Gasteiger partial charge on any atom is -0.381 e. The fourth-order valence-corrected chi connectivity index (χ4v) is 7.84. The van der Waals surface area contributed by atoms with Crippen LogP contribution in [0.25, 0.3) is 0 Å². The van der Waals surface area contributed by atoms with Gasteiger partial charge in [-0.05, 0) is 79.4 Å². The second kappa shape index (κ2) is 6.32. The topological polar surface area (TPSA) is 55.4 Å². The molecule has 0 aliphatic heterocycles. The smallest absolute Gasteiger partial charge is 0.217 e. The summed E-state index contributed by atoms with van der Waals surface area (Å²) in [4.78, 5) is 24.2. The Hall–Kier alpha value is -0.900. The first-order chi connectivity index (χ1) is 12.3. The highest BCUT2D eigenvalue weighted by Gasteiger charge is 2.61. The second-order valence-electron chi connectivity index (χ2n) is 10.1. The number of nitrogens with one attached hydrogen (secondary N) is 1. The summed E-state index contributed by atoms with van der Waals surface area (Å²) < 4.78 is 5.88. The van der Waals surface area contributed by atoms with E-state index < -0.39 is 0 Å². The number of ether oxygens (including phenoxy) is 1. The van der Waals surface area contributed by atoms with Crippen molar-refractivity contribution in [2.45, 2.75) is 84.3 Å². The van der Waals surface area contributed by atoms with Crippen LogP contribution in [-0.4, -0.2) is 30.9 Å². The van der Waals surface area contributed by atoms with Crippen molar-refractivity contribution >= 4 is 11.7 Å². The van der Waals surface area contributed by atoms with Crippen LogP contribution >= 0.6 is 0 Å². The molecule has 4 rings (SSSR count). The number of carbonyl (C=O) groups excluding carboxylic acids is 2. The van der Waals surface area contributed by atoms with E-state index in [0.717, 1.165) is 18.3 Å². The summed E-state index contributed by atoms with van der Waals surface area (Å²) in [5.74, 6) is 2.90. The van der Waals surface area contributed by atoms with E-state index in [4.69, 9.17) is 4.74 Å². The van der Waals surface area contributed by atoms with Crippen LogP contribution in [-0.2, 0) is 14.3 Å². The van der Waals surface area contributed by atoms with Crippen LogP contribution < -0.4 is 5.32 Å². The SMILES string of the molecule is CO[C@H]1CC[C@H]2[C@@H]3CC[C@H]4CC(=O)[C@H](NC(C)=O)C[C@]4(C)[C@H]3CC[C@]12C. The van der Waals surface area contributed by atoms with Crippen molar-refractivity contribution in [3.63, 3.8) is 0 Å². The first kappa shape index (κ1) is 18.5. The van der Waals surface area contributed by atoms with Crippen molar-refractivity contribution in [1.29, 1.82) is 0 Å². The van der Waals surface area contributed by atoms with Gasteiger partial charge in [0.25, 0.3) is 0 Å². The molecule has 0 aromatic rings. The van der Waals surface area contributed by atoms with Gasteiger partial charge in [-0.2, -0.15) is 0 Å². The number of rotatable bonds is 2. The van der Waals surface area contributed by atoms with E-state index in [1.165, 1.54) is 45.4 Å². The lowest BCUT2D eigenvalue weighted by Gasteiger charge is -2.60. The van der Waals surface area contributed by atoms with E-state index in [1.807, 2.05) is 7.11 Å². The predicted molar refractivity (Wildman–Crippen MR) is 101 cm³/mol. The molecule has 4 fully saturated rings. The zero-order valence-corrected chi connectivity index (χ0v) is 16.8. The number of carbonyl (C=O) groups is 2. The summed E-state index contributed by atoms with van der Waals surface area (Å²) in [6, 6.07) is -0.267. The highest BCUT2D eigenvalue weighted by Crippen LogP contribution is 2.66. The summed E-state index contributed by atoms with van der Waals surface area (Å²) in [5.41, 5.74) is 0.525. The van der Waals surface area contributed by atoms with Crippen molar-refractivity contribution in [3.8, 4) is 0 Å². The molecule has 4 heteroatoms. The van der Waals surface area contributed by atoms with E-state index in [2.05, 4.69) is 19.2 Å². The summed E-state index contributed by atoms with van der Waals surface area (Å²) in [6.07, 6.45) is 9.38. The lowest BCUT2D eigenvalue weighted by atomic mass is 9.45. The van der Waals surface area contributed by atoms with Crippen LogP contribution in [0.4, 0.5) is 0 Å². The summed E-state index contributed by atoms with van der Waals surface area (Å²) in [7, 11) is 1.88. The molecule has 1 amide bonds. The Kier molecular flexibility index (Phi) is 4.49. The Balaban J connectivity index is 1.60. The van der Waals surface area contributed by atoms with Crippen molar-refractivity contribution in [2.75, 3.05) is 7.11 Å². The minimum absolute atomic E-state index is 0.0762. The van der Waals surface area contributed by atoms with Crippen molar-refractivity contribution in [2.24, 2.45) is 34.5 Å². The van der Waals surface area contributed by atoms with E-state index in [-0.39, 0.29) is 23.1 Å². The van der Waals surface area contributed by atoms with Gasteiger partial charge in [0, 0.05) is 20.5 Å². The molecule has 0 radical (unpaired) electrons. The normalized spacial score (nSPS) is 50.5. The molecule has 1 N–H and O–H groups in total. The molecule has 4 aliphatic rings. The monoisotopic (exact) mass is 361 g/mol. The average molecular weight is 362 g/mol. The third-order valence-electron chi connectivity index (χ3n) is 9.12. The van der Waals surface area contributed by atoms with E-state index in [0.29, 0.717) is 29.8 Å². The molecular weight excluding hydrogens is 326 g/mol. The summed E-state index contributed by atoms with van der Waals surface area (Å²) in [5, 5.41) is 2.95. The van der Waals surface area contributed by atoms with Gasteiger partial charge >= 0.3 is 0 Å². The Morgan fingerprint density at radius 3 is 2.50 bits per heavy atom. The Morgan fingerprint density at radius 2 is 1.81 bits per heavy atom. The van der Waals surface area contributed by atoms with Crippen LogP contribution in [0.5, 0.6) is 0 Å². The number of hydrogen-bond donors (Lipinski definition) is 1. The molecular formula is C22H35NO3. The molecule has 0 unspecified atom stereocenters. The quantitative estimate of drug-likeness (QED) is 0.815. The number of hydrogen-bond acceptors (Lipinski definition) is 3. The largest absolute Gasteiger partial charge is 0.381 e. The molecule has 0 heterocycles.